The van der Waals surface area contributed by atoms with E-state index in [1.165, 1.54) is 0 Å². The van der Waals surface area contributed by atoms with Crippen LogP contribution in [0.4, 0.5) is 9.59 Å². The first-order valence-corrected chi connectivity index (χ1v) is 6.69. The molecule has 0 saturated heterocycles. The van der Waals surface area contributed by atoms with E-state index in [1.54, 1.807) is 38.1 Å². The number of benzene rings is 1. The van der Waals surface area contributed by atoms with Crippen molar-refractivity contribution in [1.29, 1.82) is 0 Å². The van der Waals surface area contributed by atoms with E-state index in [1.807, 2.05) is 6.07 Å². The predicted molar refractivity (Wildman–Crippen MR) is 77.1 cm³/mol. The molecule has 2 amide bonds. The molecule has 0 aliphatic carbocycles. The summed E-state index contributed by atoms with van der Waals surface area (Å²) in [4.78, 5) is 35.7. The van der Waals surface area contributed by atoms with Gasteiger partial charge in [0.1, 0.15) is 12.6 Å². The number of carbonyl (C=O) groups is 3. The number of hydrogen-bond acceptors (Lipinski definition) is 5. The Morgan fingerprint density at radius 3 is 2.18 bits per heavy atom. The van der Waals surface area contributed by atoms with Gasteiger partial charge in [-0.1, -0.05) is 44.2 Å². The molecule has 0 fully saturated rings. The molecule has 1 rings (SSSR count). The molecule has 0 unspecified atom stereocenters. The average Bonchev–Trinajstić information content (AvgIpc) is 2.49. The van der Waals surface area contributed by atoms with E-state index in [9.17, 15) is 19.5 Å². The highest BCUT2D eigenvalue weighted by molar-refractivity contribution is 5.93. The van der Waals surface area contributed by atoms with Crippen molar-refractivity contribution < 1.29 is 29.0 Å². The van der Waals surface area contributed by atoms with Crippen LogP contribution in [0.15, 0.2) is 30.3 Å². The van der Waals surface area contributed by atoms with Gasteiger partial charge in [-0.3, -0.25) is 0 Å². The van der Waals surface area contributed by atoms with E-state index < -0.39 is 30.1 Å². The summed E-state index contributed by atoms with van der Waals surface area (Å²) in [5.74, 6) is -1.81. The molecular weight excluding hydrogens is 290 g/mol. The van der Waals surface area contributed by atoms with Crippen molar-refractivity contribution in [3.8, 4) is 0 Å². The van der Waals surface area contributed by atoms with E-state index in [0.717, 1.165) is 12.7 Å². The summed E-state index contributed by atoms with van der Waals surface area (Å²) in [7, 11) is 1.07. The molecule has 0 bridgehead atoms. The minimum Gasteiger partial charge on any atom is -0.480 e. The van der Waals surface area contributed by atoms with Gasteiger partial charge >= 0.3 is 18.2 Å². The highest BCUT2D eigenvalue weighted by Crippen LogP contribution is 2.15. The number of nitrogens with zero attached hydrogens (tertiary/aromatic N) is 1. The van der Waals surface area contributed by atoms with Crippen LogP contribution >= 0.6 is 0 Å². The number of ether oxygens (including phenoxy) is 2. The molecular formula is C15H19NO6. The molecule has 1 aromatic carbocycles. The average molecular weight is 309 g/mol. The molecule has 22 heavy (non-hydrogen) atoms. The summed E-state index contributed by atoms with van der Waals surface area (Å²) in [6, 6.07) is 7.48. The van der Waals surface area contributed by atoms with Gasteiger partial charge in [0.15, 0.2) is 0 Å². The second-order valence-electron chi connectivity index (χ2n) is 4.91. The van der Waals surface area contributed by atoms with Crippen LogP contribution in [0.25, 0.3) is 0 Å². The zero-order chi connectivity index (χ0) is 16.7. The van der Waals surface area contributed by atoms with Crippen LogP contribution in [-0.4, -0.2) is 41.3 Å². The van der Waals surface area contributed by atoms with E-state index >= 15 is 0 Å². The molecule has 0 spiro atoms. The molecule has 7 nitrogen and oxygen atoms in total. The van der Waals surface area contributed by atoms with Crippen LogP contribution < -0.4 is 0 Å². The third-order valence-electron chi connectivity index (χ3n) is 2.94. The number of carbonyl (C=O) groups excluding carboxylic acids is 2. The Morgan fingerprint density at radius 1 is 1.14 bits per heavy atom. The van der Waals surface area contributed by atoms with Crippen LogP contribution in [0.2, 0.25) is 0 Å². The molecule has 1 N–H and O–H groups in total. The van der Waals surface area contributed by atoms with Gasteiger partial charge in [0.25, 0.3) is 0 Å². The smallest absolute Gasteiger partial charge is 0.420 e. The number of imide groups is 1. The predicted octanol–water partition coefficient (Wildman–Crippen LogP) is 2.50. The summed E-state index contributed by atoms with van der Waals surface area (Å²) in [6.07, 6.45) is -2.13. The van der Waals surface area contributed by atoms with Gasteiger partial charge in [-0.2, -0.15) is 4.90 Å². The van der Waals surface area contributed by atoms with Crippen molar-refractivity contribution in [3.05, 3.63) is 35.9 Å². The Labute approximate surface area is 128 Å². The van der Waals surface area contributed by atoms with Gasteiger partial charge in [0.2, 0.25) is 0 Å². The van der Waals surface area contributed by atoms with Gasteiger partial charge in [0, 0.05) is 0 Å². The lowest BCUT2D eigenvalue weighted by atomic mass is 10.0. The van der Waals surface area contributed by atoms with E-state index in [-0.39, 0.29) is 6.61 Å². The first-order valence-electron chi connectivity index (χ1n) is 6.69. The van der Waals surface area contributed by atoms with Gasteiger partial charge in [-0.05, 0) is 11.5 Å². The fourth-order valence-corrected chi connectivity index (χ4v) is 1.88. The molecule has 1 atom stereocenters. The highest BCUT2D eigenvalue weighted by atomic mass is 16.6. The summed E-state index contributed by atoms with van der Waals surface area (Å²) in [5, 5.41) is 9.24. The standard InChI is InChI=1S/C15H19NO6/c1-10(2)12(13(17)18)16(14(19)21-3)15(20)22-9-11-7-5-4-6-8-11/h4-8,10,12H,9H2,1-3H3,(H,17,18)/t12-/m1/s1. The number of aliphatic carboxylic acids is 1. The maximum Gasteiger partial charge on any atom is 0.420 e. The lowest BCUT2D eigenvalue weighted by Gasteiger charge is -2.27. The van der Waals surface area contributed by atoms with E-state index in [2.05, 4.69) is 4.74 Å². The van der Waals surface area contributed by atoms with Gasteiger partial charge in [-0.15, -0.1) is 0 Å². The lowest BCUT2D eigenvalue weighted by Crippen LogP contribution is -2.51. The molecule has 0 aliphatic heterocycles. The summed E-state index contributed by atoms with van der Waals surface area (Å²) in [5.41, 5.74) is 0.720. The maximum absolute atomic E-state index is 12.1. The molecule has 0 aliphatic rings. The fraction of sp³-hybridized carbons (Fsp3) is 0.400. The van der Waals surface area contributed by atoms with Crippen molar-refractivity contribution >= 4 is 18.2 Å². The Bertz CT molecular complexity index is 528. The zero-order valence-electron chi connectivity index (χ0n) is 12.7. The monoisotopic (exact) mass is 309 g/mol. The lowest BCUT2D eigenvalue weighted by molar-refractivity contribution is -0.143. The Kier molecular flexibility index (Phi) is 6.37. The number of carboxylic acids is 1. The highest BCUT2D eigenvalue weighted by Gasteiger charge is 2.39. The number of amides is 2. The van der Waals surface area contributed by atoms with Crippen LogP contribution in [-0.2, 0) is 20.9 Å². The van der Waals surface area contributed by atoms with Crippen molar-refractivity contribution in [1.82, 2.24) is 4.90 Å². The second-order valence-corrected chi connectivity index (χ2v) is 4.91. The fourth-order valence-electron chi connectivity index (χ4n) is 1.88. The number of hydrogen-bond donors (Lipinski definition) is 1. The Balaban J connectivity index is 2.89. The van der Waals surface area contributed by atoms with Crippen LogP contribution in [0.1, 0.15) is 19.4 Å². The van der Waals surface area contributed by atoms with Crippen molar-refractivity contribution in [2.45, 2.75) is 26.5 Å². The zero-order valence-corrected chi connectivity index (χ0v) is 12.7. The molecule has 0 radical (unpaired) electrons. The summed E-state index contributed by atoms with van der Waals surface area (Å²) in [6.45, 7) is 3.09. The largest absolute Gasteiger partial charge is 0.480 e. The Hall–Kier alpha value is -2.57. The third kappa shape index (κ3) is 4.47. The van der Waals surface area contributed by atoms with Crippen LogP contribution in [0.5, 0.6) is 0 Å². The first kappa shape index (κ1) is 17.5. The van der Waals surface area contributed by atoms with E-state index in [4.69, 9.17) is 4.74 Å². The quantitative estimate of drug-likeness (QED) is 0.898. The number of rotatable bonds is 5. The second kappa shape index (κ2) is 8.02. The SMILES string of the molecule is COC(=O)N(C(=O)OCc1ccccc1)[C@@H](C(=O)O)C(C)C. The minimum absolute atomic E-state index is 0.0718. The summed E-state index contributed by atoms with van der Waals surface area (Å²) < 4.78 is 9.51. The third-order valence-corrected chi connectivity index (χ3v) is 2.94. The number of carboxylic acid groups (broad SMARTS) is 1. The van der Waals surface area contributed by atoms with Crippen molar-refractivity contribution in [2.75, 3.05) is 7.11 Å². The van der Waals surface area contributed by atoms with Gasteiger partial charge in [-0.25, -0.2) is 14.4 Å². The normalized spacial score (nSPS) is 11.6. The summed E-state index contributed by atoms with van der Waals surface area (Å²) >= 11 is 0. The molecule has 7 heteroatoms. The van der Waals surface area contributed by atoms with Gasteiger partial charge in [0.05, 0.1) is 7.11 Å². The topological polar surface area (TPSA) is 93.1 Å². The van der Waals surface area contributed by atoms with Crippen LogP contribution in [0.3, 0.4) is 0 Å². The molecule has 0 aromatic heterocycles. The van der Waals surface area contributed by atoms with Crippen molar-refractivity contribution in [2.24, 2.45) is 5.92 Å². The molecule has 0 heterocycles. The Morgan fingerprint density at radius 2 is 1.73 bits per heavy atom. The number of methoxy groups -OCH3 is 1. The van der Waals surface area contributed by atoms with E-state index in [0.29, 0.717) is 4.90 Å². The van der Waals surface area contributed by atoms with Crippen LogP contribution in [0, 0.1) is 5.92 Å². The minimum atomic E-state index is -1.37. The first-order chi connectivity index (χ1) is 10.4. The van der Waals surface area contributed by atoms with Gasteiger partial charge < -0.3 is 14.6 Å². The molecule has 0 saturated carbocycles. The molecule has 120 valence electrons. The molecule has 1 aromatic rings. The maximum atomic E-state index is 12.1. The van der Waals surface area contributed by atoms with Crippen molar-refractivity contribution in [3.63, 3.8) is 0 Å².